The van der Waals surface area contributed by atoms with Crippen molar-refractivity contribution in [3.63, 3.8) is 0 Å². The van der Waals surface area contributed by atoms with Gasteiger partial charge in [-0.2, -0.15) is 0 Å². The summed E-state index contributed by atoms with van der Waals surface area (Å²) in [7, 11) is 0. The van der Waals surface area contributed by atoms with E-state index in [1.807, 2.05) is 12.1 Å². The van der Waals surface area contributed by atoms with Crippen LogP contribution in [0.4, 0.5) is 0 Å². The molecule has 0 saturated heterocycles. The van der Waals surface area contributed by atoms with Gasteiger partial charge in [0.25, 0.3) is 0 Å². The number of hydrogen-bond donors (Lipinski definition) is 0. The fourth-order valence-corrected chi connectivity index (χ4v) is 6.42. The molecule has 0 radical (unpaired) electrons. The quantitative estimate of drug-likeness (QED) is 0.209. The molecule has 0 spiro atoms. The first kappa shape index (κ1) is 22.4. The third kappa shape index (κ3) is 3.47. The second-order valence-electron chi connectivity index (χ2n) is 9.89. The molecule has 2 heterocycles. The summed E-state index contributed by atoms with van der Waals surface area (Å²) < 4.78 is 9.60. The fourth-order valence-electron chi connectivity index (χ4n) is 5.92. The van der Waals surface area contributed by atoms with Gasteiger partial charge in [-0.05, 0) is 64.7 Å². The first-order valence-corrected chi connectivity index (χ1v) is 13.8. The minimum Gasteiger partial charge on any atom is -0.456 e. The molecule has 0 N–H and O–H groups in total. The van der Waals surface area contributed by atoms with Crippen molar-refractivity contribution in [2.75, 3.05) is 0 Å². The number of aromatic nitrogens is 1. The highest BCUT2D eigenvalue weighted by Crippen LogP contribution is 2.40. The zero-order valence-electron chi connectivity index (χ0n) is 20.9. The van der Waals surface area contributed by atoms with Gasteiger partial charge >= 0.3 is 0 Å². The Balaban J connectivity index is 1.41. The molecule has 0 aliphatic rings. The number of rotatable bonds is 3. The van der Waals surface area contributed by atoms with Crippen LogP contribution >= 0.6 is 15.9 Å². The zero-order valence-corrected chi connectivity index (χ0v) is 22.5. The largest absolute Gasteiger partial charge is 0.456 e. The van der Waals surface area contributed by atoms with Crippen LogP contribution in [0.25, 0.3) is 71.7 Å². The van der Waals surface area contributed by atoms with Crippen molar-refractivity contribution in [1.29, 1.82) is 0 Å². The van der Waals surface area contributed by atoms with Gasteiger partial charge in [-0.15, -0.1) is 0 Å². The predicted molar refractivity (Wildman–Crippen MR) is 167 cm³/mol. The highest BCUT2D eigenvalue weighted by molar-refractivity contribution is 9.10. The van der Waals surface area contributed by atoms with Crippen LogP contribution in [0.15, 0.2) is 142 Å². The summed E-state index contributed by atoms with van der Waals surface area (Å²) in [6.45, 7) is 0. The van der Waals surface area contributed by atoms with Gasteiger partial charge in [0, 0.05) is 31.7 Å². The Labute approximate surface area is 233 Å². The smallest absolute Gasteiger partial charge is 0.135 e. The van der Waals surface area contributed by atoms with Crippen molar-refractivity contribution in [2.24, 2.45) is 0 Å². The Bertz CT molecular complexity index is 2200. The SMILES string of the molecule is Brc1ccccc1-c1ccccc1-c1ccc2c3ccccc3n(-c3ccc4oc5ccccc5c4c3)c2c1. The summed E-state index contributed by atoms with van der Waals surface area (Å²) in [5.74, 6) is 0. The molecular formula is C36H22BrNO. The molecule has 8 rings (SSSR count). The number of nitrogens with zero attached hydrogens (tertiary/aromatic N) is 1. The van der Waals surface area contributed by atoms with E-state index in [4.69, 9.17) is 4.42 Å². The van der Waals surface area contributed by atoms with E-state index in [-0.39, 0.29) is 0 Å². The molecule has 0 aliphatic carbocycles. The maximum Gasteiger partial charge on any atom is 0.135 e. The van der Waals surface area contributed by atoms with Gasteiger partial charge < -0.3 is 8.98 Å². The highest BCUT2D eigenvalue weighted by atomic mass is 79.9. The molecule has 39 heavy (non-hydrogen) atoms. The van der Waals surface area contributed by atoms with Crippen molar-refractivity contribution >= 4 is 59.7 Å². The molecular weight excluding hydrogens is 542 g/mol. The Kier molecular flexibility index (Phi) is 5.01. The van der Waals surface area contributed by atoms with E-state index in [2.05, 4.69) is 142 Å². The van der Waals surface area contributed by atoms with Crippen molar-refractivity contribution < 1.29 is 4.42 Å². The highest BCUT2D eigenvalue weighted by Gasteiger charge is 2.16. The third-order valence-corrected chi connectivity index (χ3v) is 8.39. The van der Waals surface area contributed by atoms with Gasteiger partial charge in [0.1, 0.15) is 11.2 Å². The Morgan fingerprint density at radius 3 is 2.00 bits per heavy atom. The second kappa shape index (κ2) is 8.72. The Morgan fingerprint density at radius 2 is 1.13 bits per heavy atom. The van der Waals surface area contributed by atoms with Crippen LogP contribution in [0.1, 0.15) is 0 Å². The summed E-state index contributed by atoms with van der Waals surface area (Å²) in [5, 5.41) is 4.75. The van der Waals surface area contributed by atoms with Crippen LogP contribution in [0.3, 0.4) is 0 Å². The van der Waals surface area contributed by atoms with Gasteiger partial charge in [-0.25, -0.2) is 0 Å². The van der Waals surface area contributed by atoms with Gasteiger partial charge in [-0.1, -0.05) is 107 Å². The lowest BCUT2D eigenvalue weighted by molar-refractivity contribution is 0.669. The van der Waals surface area contributed by atoms with Gasteiger partial charge in [0.15, 0.2) is 0 Å². The maximum absolute atomic E-state index is 6.13. The van der Waals surface area contributed by atoms with Crippen molar-refractivity contribution in [1.82, 2.24) is 4.57 Å². The van der Waals surface area contributed by atoms with Crippen LogP contribution in [0.2, 0.25) is 0 Å². The van der Waals surface area contributed by atoms with E-state index in [1.54, 1.807) is 0 Å². The van der Waals surface area contributed by atoms with Gasteiger partial charge in [0.2, 0.25) is 0 Å². The lowest BCUT2D eigenvalue weighted by Gasteiger charge is -2.13. The van der Waals surface area contributed by atoms with E-state index in [0.29, 0.717) is 0 Å². The van der Waals surface area contributed by atoms with E-state index in [0.717, 1.165) is 32.1 Å². The molecule has 0 aliphatic heterocycles. The van der Waals surface area contributed by atoms with Crippen molar-refractivity contribution in [3.8, 4) is 27.9 Å². The van der Waals surface area contributed by atoms with Gasteiger partial charge in [0.05, 0.1) is 11.0 Å². The monoisotopic (exact) mass is 563 g/mol. The molecule has 0 bridgehead atoms. The average molecular weight is 564 g/mol. The number of para-hydroxylation sites is 2. The summed E-state index contributed by atoms with van der Waals surface area (Å²) in [5.41, 5.74) is 10.1. The summed E-state index contributed by atoms with van der Waals surface area (Å²) in [6.07, 6.45) is 0. The summed E-state index contributed by atoms with van der Waals surface area (Å²) in [6, 6.07) is 47.4. The molecule has 0 saturated carbocycles. The summed E-state index contributed by atoms with van der Waals surface area (Å²) >= 11 is 3.77. The molecule has 8 aromatic rings. The molecule has 2 aromatic heterocycles. The molecule has 2 nitrogen and oxygen atoms in total. The molecule has 0 atom stereocenters. The molecule has 0 unspecified atom stereocenters. The molecule has 0 fully saturated rings. The Morgan fingerprint density at radius 1 is 0.462 bits per heavy atom. The Hall–Kier alpha value is -4.60. The number of furan rings is 1. The van der Waals surface area contributed by atoms with E-state index in [9.17, 15) is 0 Å². The van der Waals surface area contributed by atoms with Gasteiger partial charge in [-0.3, -0.25) is 0 Å². The van der Waals surface area contributed by atoms with Crippen LogP contribution < -0.4 is 0 Å². The lowest BCUT2D eigenvalue weighted by atomic mass is 9.94. The number of hydrogen-bond acceptors (Lipinski definition) is 1. The molecule has 184 valence electrons. The number of fused-ring (bicyclic) bond motifs is 6. The second-order valence-corrected chi connectivity index (χ2v) is 10.7. The molecule has 6 aromatic carbocycles. The van der Waals surface area contributed by atoms with Crippen molar-refractivity contribution in [2.45, 2.75) is 0 Å². The van der Waals surface area contributed by atoms with Crippen molar-refractivity contribution in [3.05, 3.63) is 138 Å². The average Bonchev–Trinajstić information content (AvgIpc) is 3.52. The van der Waals surface area contributed by atoms with E-state index >= 15 is 0 Å². The van der Waals surface area contributed by atoms with Crippen LogP contribution in [0.5, 0.6) is 0 Å². The number of benzene rings is 6. The minimum atomic E-state index is 0.906. The first-order chi connectivity index (χ1) is 19.3. The first-order valence-electron chi connectivity index (χ1n) is 13.1. The molecule has 0 amide bonds. The molecule has 3 heteroatoms. The topological polar surface area (TPSA) is 18.1 Å². The van der Waals surface area contributed by atoms with Crippen LogP contribution in [0, 0.1) is 0 Å². The van der Waals surface area contributed by atoms with E-state index in [1.165, 1.54) is 44.1 Å². The van der Waals surface area contributed by atoms with Crippen LogP contribution in [-0.2, 0) is 0 Å². The minimum absolute atomic E-state index is 0.906. The predicted octanol–water partition coefficient (Wildman–Crippen LogP) is 10.8. The fraction of sp³-hybridized carbons (Fsp3) is 0. The normalized spacial score (nSPS) is 11.7. The maximum atomic E-state index is 6.13. The van der Waals surface area contributed by atoms with Crippen LogP contribution in [-0.4, -0.2) is 4.57 Å². The third-order valence-electron chi connectivity index (χ3n) is 7.69. The van der Waals surface area contributed by atoms with E-state index < -0.39 is 0 Å². The lowest BCUT2D eigenvalue weighted by Crippen LogP contribution is -1.94. The number of halogens is 1. The zero-order chi connectivity index (χ0) is 25.9. The standard InChI is InChI=1S/C36H22BrNO/c37-32-14-6-3-11-27(32)26-10-2-1-9-25(26)23-17-19-29-28-12-4-7-15-33(28)38(34(29)21-23)24-18-20-36-31(22-24)30-13-5-8-16-35(30)39-36/h1-22H. The summed E-state index contributed by atoms with van der Waals surface area (Å²) in [4.78, 5) is 0.